The van der Waals surface area contributed by atoms with Crippen molar-refractivity contribution in [3.05, 3.63) is 29.0 Å². The van der Waals surface area contributed by atoms with Gasteiger partial charge in [0.25, 0.3) is 0 Å². The second kappa shape index (κ2) is 5.45. The summed E-state index contributed by atoms with van der Waals surface area (Å²) in [6, 6.07) is 4.43. The molecule has 0 aliphatic rings. The Morgan fingerprint density at radius 2 is 2.23 bits per heavy atom. The SMILES string of the molecule is Fc1cc(OCCCBr)ccc1Cl. The van der Waals surface area contributed by atoms with Gasteiger partial charge in [0.2, 0.25) is 0 Å². The highest BCUT2D eigenvalue weighted by Gasteiger charge is 2.00. The third-order valence-electron chi connectivity index (χ3n) is 1.44. The van der Waals surface area contributed by atoms with Crippen LogP contribution in [0.25, 0.3) is 0 Å². The van der Waals surface area contributed by atoms with Crippen LogP contribution in [-0.2, 0) is 0 Å². The molecule has 0 bridgehead atoms. The Morgan fingerprint density at radius 1 is 1.46 bits per heavy atom. The Hall–Kier alpha value is -0.280. The third-order valence-corrected chi connectivity index (χ3v) is 2.31. The molecule has 4 heteroatoms. The molecule has 72 valence electrons. The van der Waals surface area contributed by atoms with Crippen LogP contribution in [0.1, 0.15) is 6.42 Å². The fourth-order valence-corrected chi connectivity index (χ4v) is 1.16. The zero-order valence-electron chi connectivity index (χ0n) is 6.90. The lowest BCUT2D eigenvalue weighted by atomic mass is 10.3. The maximum Gasteiger partial charge on any atom is 0.145 e. The van der Waals surface area contributed by atoms with Crippen molar-refractivity contribution in [1.82, 2.24) is 0 Å². The van der Waals surface area contributed by atoms with E-state index in [9.17, 15) is 4.39 Å². The van der Waals surface area contributed by atoms with Crippen LogP contribution in [0.15, 0.2) is 18.2 Å². The molecule has 0 aromatic heterocycles. The maximum atomic E-state index is 12.9. The van der Waals surface area contributed by atoms with E-state index in [0.717, 1.165) is 11.8 Å². The number of benzene rings is 1. The zero-order chi connectivity index (χ0) is 9.68. The minimum atomic E-state index is -0.446. The molecule has 0 unspecified atom stereocenters. The highest BCUT2D eigenvalue weighted by molar-refractivity contribution is 9.09. The largest absolute Gasteiger partial charge is 0.493 e. The number of rotatable bonds is 4. The first-order chi connectivity index (χ1) is 6.24. The van der Waals surface area contributed by atoms with Crippen LogP contribution in [0.4, 0.5) is 4.39 Å². The number of halogens is 3. The van der Waals surface area contributed by atoms with Crippen LogP contribution in [-0.4, -0.2) is 11.9 Å². The van der Waals surface area contributed by atoms with Gasteiger partial charge in [-0.25, -0.2) is 4.39 Å². The number of alkyl halides is 1. The molecule has 1 rings (SSSR count). The molecule has 0 spiro atoms. The molecular formula is C9H9BrClFO. The summed E-state index contributed by atoms with van der Waals surface area (Å²) in [5, 5.41) is 0.996. The minimum Gasteiger partial charge on any atom is -0.493 e. The van der Waals surface area contributed by atoms with Crippen molar-refractivity contribution in [2.75, 3.05) is 11.9 Å². The zero-order valence-corrected chi connectivity index (χ0v) is 9.24. The van der Waals surface area contributed by atoms with E-state index in [4.69, 9.17) is 16.3 Å². The smallest absolute Gasteiger partial charge is 0.145 e. The van der Waals surface area contributed by atoms with Gasteiger partial charge in [0.05, 0.1) is 11.6 Å². The van der Waals surface area contributed by atoms with Crippen molar-refractivity contribution in [2.45, 2.75) is 6.42 Å². The summed E-state index contributed by atoms with van der Waals surface area (Å²) >= 11 is 8.78. The molecule has 1 aromatic carbocycles. The second-order valence-electron chi connectivity index (χ2n) is 2.47. The van der Waals surface area contributed by atoms with Gasteiger partial charge in [0, 0.05) is 11.4 Å². The molecule has 1 aromatic rings. The normalized spacial score (nSPS) is 10.1. The Morgan fingerprint density at radius 3 is 2.85 bits per heavy atom. The molecule has 0 aliphatic heterocycles. The number of ether oxygens (including phenoxy) is 1. The number of hydrogen-bond donors (Lipinski definition) is 0. The summed E-state index contributed by atoms with van der Waals surface area (Å²) in [7, 11) is 0. The van der Waals surface area contributed by atoms with Gasteiger partial charge in [-0.05, 0) is 18.6 Å². The van der Waals surface area contributed by atoms with Gasteiger partial charge in [0.1, 0.15) is 11.6 Å². The fraction of sp³-hybridized carbons (Fsp3) is 0.333. The molecule has 0 saturated carbocycles. The molecule has 0 saturated heterocycles. The summed E-state index contributed by atoms with van der Waals surface area (Å²) in [6.07, 6.45) is 0.893. The van der Waals surface area contributed by atoms with Crippen LogP contribution in [0.3, 0.4) is 0 Å². The molecule has 0 N–H and O–H groups in total. The second-order valence-corrected chi connectivity index (χ2v) is 3.67. The van der Waals surface area contributed by atoms with E-state index in [1.54, 1.807) is 6.07 Å². The van der Waals surface area contributed by atoms with E-state index < -0.39 is 5.82 Å². The summed E-state index contributed by atoms with van der Waals surface area (Å²) in [6.45, 7) is 0.576. The number of hydrogen-bond acceptors (Lipinski definition) is 1. The lowest BCUT2D eigenvalue weighted by Crippen LogP contribution is -1.97. The van der Waals surface area contributed by atoms with Crippen molar-refractivity contribution in [3.63, 3.8) is 0 Å². The predicted octanol–water partition coefficient (Wildman–Crippen LogP) is 3.64. The van der Waals surface area contributed by atoms with Crippen molar-refractivity contribution in [3.8, 4) is 5.75 Å². The Bertz CT molecular complexity index is 280. The fourth-order valence-electron chi connectivity index (χ4n) is 0.811. The van der Waals surface area contributed by atoms with Crippen LogP contribution in [0, 0.1) is 5.82 Å². The van der Waals surface area contributed by atoms with E-state index in [2.05, 4.69) is 15.9 Å². The third kappa shape index (κ3) is 3.53. The summed E-state index contributed by atoms with van der Waals surface area (Å²) in [5.41, 5.74) is 0. The van der Waals surface area contributed by atoms with Gasteiger partial charge in [-0.2, -0.15) is 0 Å². The van der Waals surface area contributed by atoms with E-state index in [-0.39, 0.29) is 5.02 Å². The van der Waals surface area contributed by atoms with Crippen molar-refractivity contribution in [2.24, 2.45) is 0 Å². The monoisotopic (exact) mass is 266 g/mol. The van der Waals surface area contributed by atoms with Gasteiger partial charge >= 0.3 is 0 Å². The first kappa shape index (κ1) is 10.8. The van der Waals surface area contributed by atoms with E-state index >= 15 is 0 Å². The average Bonchev–Trinajstić information content (AvgIpc) is 2.12. The molecule has 0 heterocycles. The molecule has 0 aliphatic carbocycles. The lowest BCUT2D eigenvalue weighted by Gasteiger charge is -2.04. The molecule has 0 fully saturated rings. The van der Waals surface area contributed by atoms with Crippen molar-refractivity contribution >= 4 is 27.5 Å². The average molecular weight is 268 g/mol. The molecule has 0 radical (unpaired) electrons. The Labute approximate surface area is 90.0 Å². The van der Waals surface area contributed by atoms with Crippen LogP contribution >= 0.6 is 27.5 Å². The molecule has 1 nitrogen and oxygen atoms in total. The van der Waals surface area contributed by atoms with Gasteiger partial charge in [0.15, 0.2) is 0 Å². The van der Waals surface area contributed by atoms with Crippen LogP contribution < -0.4 is 4.74 Å². The summed E-state index contributed by atoms with van der Waals surface area (Å²) in [4.78, 5) is 0. The van der Waals surface area contributed by atoms with E-state index in [0.29, 0.717) is 12.4 Å². The van der Waals surface area contributed by atoms with E-state index in [1.807, 2.05) is 0 Å². The molecule has 0 atom stereocenters. The molecular weight excluding hydrogens is 258 g/mol. The quantitative estimate of drug-likeness (QED) is 0.598. The van der Waals surface area contributed by atoms with Crippen molar-refractivity contribution in [1.29, 1.82) is 0 Å². The van der Waals surface area contributed by atoms with Gasteiger partial charge in [-0.15, -0.1) is 0 Å². The molecule has 0 amide bonds. The van der Waals surface area contributed by atoms with E-state index in [1.165, 1.54) is 12.1 Å². The Kier molecular flexibility index (Phi) is 4.53. The van der Waals surface area contributed by atoms with Gasteiger partial charge in [-0.3, -0.25) is 0 Å². The topological polar surface area (TPSA) is 9.23 Å². The van der Waals surface area contributed by atoms with Crippen LogP contribution in [0.5, 0.6) is 5.75 Å². The van der Waals surface area contributed by atoms with Gasteiger partial charge < -0.3 is 4.74 Å². The summed E-state index contributed by atoms with van der Waals surface area (Å²) in [5.74, 6) is 0.0702. The predicted molar refractivity (Wildman–Crippen MR) is 55.3 cm³/mol. The lowest BCUT2D eigenvalue weighted by molar-refractivity contribution is 0.317. The van der Waals surface area contributed by atoms with Crippen LogP contribution in [0.2, 0.25) is 5.02 Å². The maximum absolute atomic E-state index is 12.9. The van der Waals surface area contributed by atoms with Gasteiger partial charge in [-0.1, -0.05) is 27.5 Å². The first-order valence-electron chi connectivity index (χ1n) is 3.88. The first-order valence-corrected chi connectivity index (χ1v) is 5.38. The molecule has 13 heavy (non-hydrogen) atoms. The minimum absolute atomic E-state index is 0.118. The highest BCUT2D eigenvalue weighted by atomic mass is 79.9. The summed E-state index contributed by atoms with van der Waals surface area (Å²) < 4.78 is 18.1. The Balaban J connectivity index is 2.53. The highest BCUT2D eigenvalue weighted by Crippen LogP contribution is 2.20. The van der Waals surface area contributed by atoms with Crippen molar-refractivity contribution < 1.29 is 9.13 Å². The standard InChI is InChI=1S/C9H9BrClFO/c10-4-1-5-13-7-2-3-8(11)9(12)6-7/h2-3,6H,1,4-5H2.